The molecular weight excluding hydrogens is 272 g/mol. The molecule has 0 saturated carbocycles. The summed E-state index contributed by atoms with van der Waals surface area (Å²) >= 11 is 0. The monoisotopic (exact) mass is 279 g/mol. The summed E-state index contributed by atoms with van der Waals surface area (Å²) in [4.78, 5) is -0.420. The number of benzene rings is 1. The van der Waals surface area contributed by atoms with Crippen molar-refractivity contribution < 1.29 is 17.2 Å². The third-order valence-corrected chi connectivity index (χ3v) is 3.61. The Bertz CT molecular complexity index is 579. The lowest BCUT2D eigenvalue weighted by molar-refractivity contribution is 0.150. The van der Waals surface area contributed by atoms with Gasteiger partial charge in [0.15, 0.2) is 0 Å². The molecule has 1 aromatic carbocycles. The number of rotatable bonds is 3. The smallest absolute Gasteiger partial charge is 0.207 e. The average molecular weight is 280 g/mol. The van der Waals surface area contributed by atoms with Crippen molar-refractivity contribution >= 4 is 19.7 Å². The van der Waals surface area contributed by atoms with E-state index in [1.807, 2.05) is 0 Å². The maximum Gasteiger partial charge on any atom is 0.264 e. The Morgan fingerprint density at radius 3 is 2.41 bits per heavy atom. The first-order valence-corrected chi connectivity index (χ1v) is 6.92. The van der Waals surface area contributed by atoms with Gasteiger partial charge in [-0.05, 0) is 24.1 Å². The molecule has 0 fully saturated rings. The molecule has 0 aromatic heterocycles. The first-order valence-electron chi connectivity index (χ1n) is 4.61. The molecule has 0 aliphatic heterocycles. The van der Waals surface area contributed by atoms with Crippen LogP contribution in [-0.2, 0) is 15.5 Å². The fraction of sp³-hybridized carbons (Fsp3) is 0.300. The van der Waals surface area contributed by atoms with Crippen molar-refractivity contribution in [2.24, 2.45) is 0 Å². The van der Waals surface area contributed by atoms with E-state index in [-0.39, 0.29) is 17.5 Å². The average Bonchev–Trinajstić information content (AvgIpc) is 2.25. The Morgan fingerprint density at radius 2 is 2.06 bits per heavy atom. The molecule has 0 radical (unpaired) electrons. The van der Waals surface area contributed by atoms with Crippen molar-refractivity contribution in [2.45, 2.75) is 24.7 Å². The van der Waals surface area contributed by atoms with Crippen molar-refractivity contribution in [3.63, 3.8) is 0 Å². The third-order valence-electron chi connectivity index (χ3n) is 2.22. The molecule has 1 rings (SSSR count). The number of alkyl halides is 2. The fourth-order valence-electron chi connectivity index (χ4n) is 1.52. The van der Waals surface area contributed by atoms with Crippen LogP contribution >= 0.6 is 10.7 Å². The molecule has 0 aliphatic rings. The van der Waals surface area contributed by atoms with Crippen molar-refractivity contribution in [2.75, 3.05) is 0 Å². The van der Waals surface area contributed by atoms with Crippen molar-refractivity contribution in [3.8, 4) is 6.07 Å². The molecular formula is C10H8ClF2NO2S. The summed E-state index contributed by atoms with van der Waals surface area (Å²) in [5.74, 6) is 0. The number of nitrogens with zero attached hydrogens (tertiary/aromatic N) is 1. The number of hydrogen-bond acceptors (Lipinski definition) is 3. The lowest BCUT2D eigenvalue weighted by atomic mass is 10.0. The summed E-state index contributed by atoms with van der Waals surface area (Å²) in [5, 5.41) is 8.66. The van der Waals surface area contributed by atoms with E-state index >= 15 is 0 Å². The number of halogens is 3. The van der Waals surface area contributed by atoms with Gasteiger partial charge in [0.25, 0.3) is 15.5 Å². The van der Waals surface area contributed by atoms with E-state index in [2.05, 4.69) is 0 Å². The molecule has 92 valence electrons. The zero-order valence-corrected chi connectivity index (χ0v) is 10.3. The van der Waals surface area contributed by atoms with E-state index in [4.69, 9.17) is 15.9 Å². The van der Waals surface area contributed by atoms with Crippen LogP contribution in [0.4, 0.5) is 8.78 Å². The third kappa shape index (κ3) is 2.93. The van der Waals surface area contributed by atoms with Crippen LogP contribution in [0.25, 0.3) is 0 Å². The molecule has 0 amide bonds. The molecule has 0 atom stereocenters. The highest BCUT2D eigenvalue weighted by molar-refractivity contribution is 8.13. The predicted molar refractivity (Wildman–Crippen MR) is 58.5 cm³/mol. The van der Waals surface area contributed by atoms with Gasteiger partial charge in [0.1, 0.15) is 0 Å². The standard InChI is InChI=1S/C10H8ClF2NO2S/c1-2-7-8(10(12)13)3-6(5-14)4-9(7)17(11,15)16/h3-4,10H,2H2,1H3. The summed E-state index contributed by atoms with van der Waals surface area (Å²) in [6.45, 7) is 1.54. The lowest BCUT2D eigenvalue weighted by Crippen LogP contribution is -2.04. The SMILES string of the molecule is CCc1c(C(F)F)cc(C#N)cc1S(=O)(=O)Cl. The topological polar surface area (TPSA) is 57.9 Å². The van der Waals surface area contributed by atoms with Crippen molar-refractivity contribution in [1.82, 2.24) is 0 Å². The van der Waals surface area contributed by atoms with Gasteiger partial charge >= 0.3 is 0 Å². The summed E-state index contributed by atoms with van der Waals surface area (Å²) in [6.07, 6.45) is -2.76. The molecule has 7 heteroatoms. The van der Waals surface area contributed by atoms with E-state index < -0.39 is 25.9 Å². The largest absolute Gasteiger partial charge is 0.264 e. The molecule has 0 unspecified atom stereocenters. The maximum absolute atomic E-state index is 12.8. The summed E-state index contributed by atoms with van der Waals surface area (Å²) in [7, 11) is 1.02. The van der Waals surface area contributed by atoms with Crippen molar-refractivity contribution in [3.05, 3.63) is 28.8 Å². The van der Waals surface area contributed by atoms with Gasteiger partial charge in [-0.3, -0.25) is 0 Å². The van der Waals surface area contributed by atoms with E-state index in [1.165, 1.54) is 0 Å². The fourth-order valence-corrected chi connectivity index (χ4v) is 2.76. The Morgan fingerprint density at radius 1 is 1.47 bits per heavy atom. The molecule has 3 nitrogen and oxygen atoms in total. The maximum atomic E-state index is 12.8. The van der Waals surface area contributed by atoms with Gasteiger partial charge in [0.05, 0.1) is 16.5 Å². The van der Waals surface area contributed by atoms with Crippen LogP contribution < -0.4 is 0 Å². The van der Waals surface area contributed by atoms with Gasteiger partial charge in [0, 0.05) is 16.2 Å². The molecule has 0 N–H and O–H groups in total. The number of nitriles is 1. The van der Waals surface area contributed by atoms with Gasteiger partial charge in [-0.15, -0.1) is 0 Å². The van der Waals surface area contributed by atoms with Crippen LogP contribution in [0.15, 0.2) is 17.0 Å². The highest BCUT2D eigenvalue weighted by Crippen LogP contribution is 2.31. The molecule has 0 saturated heterocycles. The van der Waals surface area contributed by atoms with Crippen LogP contribution in [0.2, 0.25) is 0 Å². The van der Waals surface area contributed by atoms with Crippen LogP contribution in [0.5, 0.6) is 0 Å². The lowest BCUT2D eigenvalue weighted by Gasteiger charge is -2.11. The first kappa shape index (κ1) is 13.9. The highest BCUT2D eigenvalue weighted by Gasteiger charge is 2.23. The number of hydrogen-bond donors (Lipinski definition) is 0. The van der Waals surface area contributed by atoms with Gasteiger partial charge in [-0.1, -0.05) is 6.92 Å². The zero-order chi connectivity index (χ0) is 13.2. The minimum atomic E-state index is -4.15. The summed E-state index contributed by atoms with van der Waals surface area (Å²) in [5.41, 5.74) is -0.670. The Kier molecular flexibility index (Phi) is 4.07. The molecule has 0 spiro atoms. The van der Waals surface area contributed by atoms with Crippen LogP contribution in [0.1, 0.15) is 30.0 Å². The molecule has 0 heterocycles. The predicted octanol–water partition coefficient (Wildman–Crippen LogP) is 2.99. The Labute approximate surface area is 102 Å². The Hall–Kier alpha value is -1.19. The van der Waals surface area contributed by atoms with E-state index in [9.17, 15) is 17.2 Å². The van der Waals surface area contributed by atoms with Crippen LogP contribution in [-0.4, -0.2) is 8.42 Å². The van der Waals surface area contributed by atoms with E-state index in [1.54, 1.807) is 13.0 Å². The highest BCUT2D eigenvalue weighted by atomic mass is 35.7. The second kappa shape index (κ2) is 4.98. The van der Waals surface area contributed by atoms with Gasteiger partial charge in [-0.2, -0.15) is 5.26 Å². The van der Waals surface area contributed by atoms with Gasteiger partial charge in [0.2, 0.25) is 0 Å². The molecule has 17 heavy (non-hydrogen) atoms. The molecule has 0 aliphatic carbocycles. The minimum absolute atomic E-state index is 0.0472. The van der Waals surface area contributed by atoms with E-state index in [0.717, 1.165) is 12.1 Å². The second-order valence-corrected chi connectivity index (χ2v) is 5.78. The van der Waals surface area contributed by atoms with Crippen LogP contribution in [0.3, 0.4) is 0 Å². The van der Waals surface area contributed by atoms with Gasteiger partial charge < -0.3 is 0 Å². The van der Waals surface area contributed by atoms with Gasteiger partial charge in [-0.25, -0.2) is 17.2 Å². The Balaban J connectivity index is 3.70. The minimum Gasteiger partial charge on any atom is -0.207 e. The second-order valence-electron chi connectivity index (χ2n) is 3.25. The molecule has 1 aromatic rings. The summed E-state index contributed by atoms with van der Waals surface area (Å²) < 4.78 is 48.0. The summed E-state index contributed by atoms with van der Waals surface area (Å²) in [6, 6.07) is 3.62. The van der Waals surface area contributed by atoms with Crippen LogP contribution in [0, 0.1) is 11.3 Å². The molecule has 0 bridgehead atoms. The zero-order valence-electron chi connectivity index (χ0n) is 8.75. The first-order chi connectivity index (χ1) is 7.81. The normalized spacial score (nSPS) is 11.5. The van der Waals surface area contributed by atoms with Crippen molar-refractivity contribution in [1.29, 1.82) is 5.26 Å². The quantitative estimate of drug-likeness (QED) is 0.799. The van der Waals surface area contributed by atoms with E-state index in [0.29, 0.717) is 0 Å².